The Morgan fingerprint density at radius 1 is 0.710 bits per heavy atom. The molecule has 0 amide bonds. The lowest BCUT2D eigenvalue weighted by atomic mass is 10.0. The van der Waals surface area contributed by atoms with Crippen LogP contribution in [-0.2, 0) is 6.54 Å². The molecule has 1 nitrogen and oxygen atoms in total. The molecular weight excluding hydrogens is 398 g/mol. The van der Waals surface area contributed by atoms with Crippen LogP contribution in [0.15, 0.2) is 30.8 Å². The number of hydrogen-bond acceptors (Lipinski definition) is 0. The van der Waals surface area contributed by atoms with Crippen molar-refractivity contribution < 1.29 is 16.9 Å². The van der Waals surface area contributed by atoms with Crippen molar-refractivity contribution in [3.63, 3.8) is 0 Å². The van der Waals surface area contributed by atoms with E-state index >= 15 is 0 Å². The third-order valence-corrected chi connectivity index (χ3v) is 6.41. The summed E-state index contributed by atoms with van der Waals surface area (Å²) in [5.74, 6) is 0. The minimum atomic E-state index is 0. The number of rotatable bonds is 20. The molecule has 0 aliphatic heterocycles. The first-order valence-corrected chi connectivity index (χ1v) is 13.1. The highest BCUT2D eigenvalue weighted by molar-refractivity contribution is 5.47. The van der Waals surface area contributed by atoms with Gasteiger partial charge in [-0.2, -0.15) is 0 Å². The molecule has 0 aliphatic rings. The zero-order chi connectivity index (χ0) is 21.9. The Morgan fingerprint density at radius 3 is 1.61 bits per heavy atom. The largest absolute Gasteiger partial charge is 1.00 e. The predicted molar refractivity (Wildman–Crippen MR) is 137 cm³/mol. The van der Waals surface area contributed by atoms with Gasteiger partial charge in [0.05, 0.1) is 20.6 Å². The Labute approximate surface area is 201 Å². The molecule has 0 fully saturated rings. The van der Waals surface area contributed by atoms with Gasteiger partial charge < -0.3 is 16.9 Å². The van der Waals surface area contributed by atoms with Crippen molar-refractivity contribution >= 4 is 6.08 Å². The number of benzene rings is 1. The van der Waals surface area contributed by atoms with Crippen molar-refractivity contribution in [1.82, 2.24) is 0 Å². The maximum atomic E-state index is 3.89. The Balaban J connectivity index is 0.00000900. The molecule has 0 saturated heterocycles. The van der Waals surface area contributed by atoms with E-state index in [0.29, 0.717) is 0 Å². The smallest absolute Gasteiger partial charge is 0.104 e. The van der Waals surface area contributed by atoms with E-state index in [9.17, 15) is 0 Å². The van der Waals surface area contributed by atoms with Crippen LogP contribution in [0.3, 0.4) is 0 Å². The number of halogens is 1. The van der Waals surface area contributed by atoms with Crippen molar-refractivity contribution in [3.8, 4) is 0 Å². The SMILES string of the molecule is C=Cc1cccc(C[N+](C)(C)CCCCCCCCCCCCCCCCCC)c1.[Cl-]. The maximum absolute atomic E-state index is 3.89. The van der Waals surface area contributed by atoms with Gasteiger partial charge in [0.1, 0.15) is 6.54 Å². The van der Waals surface area contributed by atoms with E-state index in [1.54, 1.807) is 0 Å². The van der Waals surface area contributed by atoms with Gasteiger partial charge in [-0.3, -0.25) is 0 Å². The molecule has 0 saturated carbocycles. The van der Waals surface area contributed by atoms with Gasteiger partial charge in [-0.25, -0.2) is 0 Å². The van der Waals surface area contributed by atoms with E-state index in [1.165, 1.54) is 120 Å². The van der Waals surface area contributed by atoms with Gasteiger partial charge in [0.15, 0.2) is 0 Å². The average Bonchev–Trinajstić information content (AvgIpc) is 2.73. The lowest BCUT2D eigenvalue weighted by molar-refractivity contribution is -0.903. The second kappa shape index (κ2) is 19.9. The van der Waals surface area contributed by atoms with Crippen LogP contribution >= 0.6 is 0 Å². The summed E-state index contributed by atoms with van der Waals surface area (Å²) in [7, 11) is 4.73. The van der Waals surface area contributed by atoms with E-state index in [4.69, 9.17) is 0 Å². The molecule has 0 bridgehead atoms. The molecule has 180 valence electrons. The normalized spacial score (nSPS) is 11.3. The summed E-state index contributed by atoms with van der Waals surface area (Å²) in [6, 6.07) is 8.81. The average molecular weight is 450 g/mol. The second-order valence-electron chi connectivity index (χ2n) is 10.1. The van der Waals surface area contributed by atoms with E-state index < -0.39 is 0 Å². The number of nitrogens with zero attached hydrogens (tertiary/aromatic N) is 1. The van der Waals surface area contributed by atoms with Crippen LogP contribution in [0.4, 0.5) is 0 Å². The lowest BCUT2D eigenvalue weighted by Crippen LogP contribution is -3.00. The summed E-state index contributed by atoms with van der Waals surface area (Å²) < 4.78 is 1.08. The Kier molecular flexibility index (Phi) is 19.4. The highest BCUT2D eigenvalue weighted by atomic mass is 35.5. The molecule has 0 heterocycles. The third-order valence-electron chi connectivity index (χ3n) is 6.41. The highest BCUT2D eigenvalue weighted by Crippen LogP contribution is 2.16. The van der Waals surface area contributed by atoms with Gasteiger partial charge in [-0.1, -0.05) is 128 Å². The molecule has 31 heavy (non-hydrogen) atoms. The van der Waals surface area contributed by atoms with Gasteiger partial charge in [0.25, 0.3) is 0 Å². The Morgan fingerprint density at radius 2 is 1.16 bits per heavy atom. The lowest BCUT2D eigenvalue weighted by Gasteiger charge is -2.30. The van der Waals surface area contributed by atoms with Gasteiger partial charge in [-0.15, -0.1) is 0 Å². The molecule has 0 spiro atoms. The zero-order valence-electron chi connectivity index (χ0n) is 21.1. The molecule has 0 aromatic heterocycles. The van der Waals surface area contributed by atoms with Gasteiger partial charge in [-0.05, 0) is 24.5 Å². The fourth-order valence-corrected chi connectivity index (χ4v) is 4.48. The second-order valence-corrected chi connectivity index (χ2v) is 10.1. The third kappa shape index (κ3) is 17.4. The van der Waals surface area contributed by atoms with Crippen LogP contribution in [0.2, 0.25) is 0 Å². The maximum Gasteiger partial charge on any atom is 0.104 e. The predicted octanol–water partition coefficient (Wildman–Crippen LogP) is 6.17. The zero-order valence-corrected chi connectivity index (χ0v) is 21.9. The van der Waals surface area contributed by atoms with Crippen LogP contribution in [-0.4, -0.2) is 25.1 Å². The first kappa shape index (κ1) is 30.2. The molecule has 1 aromatic rings. The van der Waals surface area contributed by atoms with E-state index in [2.05, 4.69) is 51.9 Å². The van der Waals surface area contributed by atoms with Gasteiger partial charge >= 0.3 is 0 Å². The van der Waals surface area contributed by atoms with Crippen LogP contribution in [0, 0.1) is 0 Å². The monoisotopic (exact) mass is 449 g/mol. The number of unbranched alkanes of at least 4 members (excludes halogenated alkanes) is 15. The molecule has 0 aliphatic carbocycles. The molecule has 1 aromatic carbocycles. The van der Waals surface area contributed by atoms with Crippen LogP contribution < -0.4 is 12.4 Å². The molecule has 0 atom stereocenters. The summed E-state index contributed by atoms with van der Waals surface area (Å²) in [6.45, 7) is 8.57. The standard InChI is InChI=1S/C29H52N.ClH/c1-5-7-8-9-10-11-12-13-14-15-16-17-18-19-20-21-25-30(3,4)27-29-24-22-23-28(6-2)26-29;/h6,22-24,26H,2,5,7-21,25,27H2,1,3-4H3;1H/q+1;/p-1. The Hall–Kier alpha value is -0.790. The molecule has 0 radical (unpaired) electrons. The van der Waals surface area contributed by atoms with Gasteiger partial charge in [0, 0.05) is 5.56 Å². The van der Waals surface area contributed by atoms with E-state index in [-0.39, 0.29) is 12.4 Å². The molecular formula is C29H52ClN. The molecule has 1 rings (SSSR count). The molecule has 2 heteroatoms. The topological polar surface area (TPSA) is 0 Å². The quantitative estimate of drug-likeness (QED) is 0.165. The minimum absolute atomic E-state index is 0. The molecule has 0 N–H and O–H groups in total. The minimum Gasteiger partial charge on any atom is -1.00 e. The summed E-state index contributed by atoms with van der Waals surface area (Å²) in [6.07, 6.45) is 25.0. The summed E-state index contributed by atoms with van der Waals surface area (Å²) in [5, 5.41) is 0. The first-order chi connectivity index (χ1) is 14.6. The van der Waals surface area contributed by atoms with Crippen LogP contribution in [0.5, 0.6) is 0 Å². The number of quaternary nitrogens is 1. The Bertz CT molecular complexity index is 537. The van der Waals surface area contributed by atoms with Crippen molar-refractivity contribution in [2.45, 2.75) is 116 Å². The van der Waals surface area contributed by atoms with Crippen molar-refractivity contribution in [2.75, 3.05) is 20.6 Å². The fourth-order valence-electron chi connectivity index (χ4n) is 4.48. The summed E-state index contributed by atoms with van der Waals surface area (Å²) in [5.41, 5.74) is 2.66. The van der Waals surface area contributed by atoms with Crippen molar-refractivity contribution in [2.24, 2.45) is 0 Å². The number of hydrogen-bond donors (Lipinski definition) is 0. The molecule has 0 unspecified atom stereocenters. The summed E-state index contributed by atoms with van der Waals surface area (Å²) >= 11 is 0. The van der Waals surface area contributed by atoms with Gasteiger partial charge in [0.2, 0.25) is 0 Å². The fraction of sp³-hybridized carbons (Fsp3) is 0.724. The van der Waals surface area contributed by atoms with Crippen LogP contribution in [0.1, 0.15) is 121 Å². The highest BCUT2D eigenvalue weighted by Gasteiger charge is 2.15. The van der Waals surface area contributed by atoms with E-state index in [0.717, 1.165) is 11.0 Å². The summed E-state index contributed by atoms with van der Waals surface area (Å²) in [4.78, 5) is 0. The van der Waals surface area contributed by atoms with Crippen molar-refractivity contribution in [3.05, 3.63) is 42.0 Å². The van der Waals surface area contributed by atoms with Crippen molar-refractivity contribution in [1.29, 1.82) is 0 Å². The van der Waals surface area contributed by atoms with E-state index in [1.807, 2.05) is 6.08 Å². The first-order valence-electron chi connectivity index (χ1n) is 13.1. The van der Waals surface area contributed by atoms with Crippen LogP contribution in [0.25, 0.3) is 6.08 Å².